The second-order valence-corrected chi connectivity index (χ2v) is 14.1. The first-order chi connectivity index (χ1) is 20.0. The maximum absolute atomic E-state index is 12.6. The maximum Gasteiger partial charge on any atom is 0.273 e. The minimum Gasteiger partial charge on any atom is -0.394 e. The molecule has 42 heavy (non-hydrogen) atoms. The standard InChI is InChI=1S/C29H44ClN7O4S/c1-4-22-18-36(28-26(30)33-25(27(31)34-28)29(39)32-12-5-17-42(3,40)41)15-16-37(22)23-10-13-35(14-11-23)24(19-38)21-8-6-20(2)7-9-21/h6-9,22-24,38H,4-5,10-19H2,1-3H3,(H2,31,34)(H,32,39)/t22-,24+/m0/s1. The number of aliphatic hydroxyl groups excluding tert-OH is 1. The molecule has 4 rings (SSSR count). The molecule has 2 fully saturated rings. The van der Waals surface area contributed by atoms with Crippen molar-refractivity contribution >= 4 is 39.0 Å². The summed E-state index contributed by atoms with van der Waals surface area (Å²) >= 11 is 6.52. The highest BCUT2D eigenvalue weighted by atomic mass is 35.5. The van der Waals surface area contributed by atoms with Crippen molar-refractivity contribution < 1.29 is 18.3 Å². The number of rotatable bonds is 11. The second-order valence-electron chi connectivity index (χ2n) is 11.4. The van der Waals surface area contributed by atoms with E-state index < -0.39 is 15.7 Å². The van der Waals surface area contributed by atoms with Gasteiger partial charge in [0.15, 0.2) is 22.5 Å². The van der Waals surface area contributed by atoms with E-state index in [1.54, 1.807) is 0 Å². The molecule has 0 saturated carbocycles. The lowest BCUT2D eigenvalue weighted by molar-refractivity contribution is 0.0356. The molecular weight excluding hydrogens is 578 g/mol. The summed E-state index contributed by atoms with van der Waals surface area (Å²) < 4.78 is 22.6. The summed E-state index contributed by atoms with van der Waals surface area (Å²) in [5.74, 6) is -0.0890. The van der Waals surface area contributed by atoms with E-state index >= 15 is 0 Å². The van der Waals surface area contributed by atoms with Gasteiger partial charge in [-0.3, -0.25) is 14.6 Å². The number of piperazine rings is 1. The number of hydrogen-bond donors (Lipinski definition) is 3. The van der Waals surface area contributed by atoms with Crippen molar-refractivity contribution in [2.75, 3.05) is 68.5 Å². The fraction of sp³-hybridized carbons (Fsp3) is 0.621. The zero-order chi connectivity index (χ0) is 30.4. The lowest BCUT2D eigenvalue weighted by Crippen LogP contribution is -2.58. The van der Waals surface area contributed by atoms with Crippen LogP contribution in [0.5, 0.6) is 0 Å². The van der Waals surface area contributed by atoms with E-state index in [4.69, 9.17) is 17.3 Å². The van der Waals surface area contributed by atoms with Crippen LogP contribution in [0.3, 0.4) is 0 Å². The first-order valence-corrected chi connectivity index (χ1v) is 17.2. The minimum atomic E-state index is -3.10. The molecule has 2 saturated heterocycles. The smallest absolute Gasteiger partial charge is 0.273 e. The lowest BCUT2D eigenvalue weighted by Gasteiger charge is -2.48. The first kappa shape index (κ1) is 32.4. The van der Waals surface area contributed by atoms with Crippen molar-refractivity contribution in [1.29, 1.82) is 0 Å². The Balaban J connectivity index is 1.35. The fourth-order valence-corrected chi connectivity index (χ4v) is 6.98. The zero-order valence-electron chi connectivity index (χ0n) is 24.8. The predicted octanol–water partition coefficient (Wildman–Crippen LogP) is 2.28. The lowest BCUT2D eigenvalue weighted by atomic mass is 9.95. The molecule has 4 N–H and O–H groups in total. The summed E-state index contributed by atoms with van der Waals surface area (Å²) in [6, 6.07) is 9.24. The highest BCUT2D eigenvalue weighted by Crippen LogP contribution is 2.31. The number of anilines is 2. The SMILES string of the molecule is CC[C@H]1CN(c2nc(N)c(C(=O)NCCCS(C)(=O)=O)nc2Cl)CCN1C1CCN([C@H](CO)c2ccc(C)cc2)CC1. The number of nitrogens with one attached hydrogen (secondary N) is 1. The zero-order valence-corrected chi connectivity index (χ0v) is 26.4. The number of amides is 1. The Hall–Kier alpha value is -2.51. The molecular formula is C29H44ClN7O4S. The van der Waals surface area contributed by atoms with Crippen LogP contribution in [0.4, 0.5) is 11.6 Å². The number of benzene rings is 1. The van der Waals surface area contributed by atoms with Gasteiger partial charge in [-0.05, 0) is 38.2 Å². The summed E-state index contributed by atoms with van der Waals surface area (Å²) in [6.45, 7) is 8.72. The van der Waals surface area contributed by atoms with E-state index in [2.05, 4.69) is 68.1 Å². The molecule has 0 aliphatic carbocycles. The molecule has 2 aromatic rings. The van der Waals surface area contributed by atoms with Crippen molar-refractivity contribution in [3.8, 4) is 0 Å². The number of likely N-dealkylation sites (tertiary alicyclic amines) is 1. The van der Waals surface area contributed by atoms with Gasteiger partial charge < -0.3 is 21.1 Å². The summed E-state index contributed by atoms with van der Waals surface area (Å²) in [5, 5.41) is 12.9. The summed E-state index contributed by atoms with van der Waals surface area (Å²) in [4.78, 5) is 28.4. The van der Waals surface area contributed by atoms with Crippen LogP contribution in [0.15, 0.2) is 24.3 Å². The Morgan fingerprint density at radius 2 is 1.86 bits per heavy atom. The Labute approximate surface area is 254 Å². The van der Waals surface area contributed by atoms with Crippen molar-refractivity contribution in [3.05, 3.63) is 46.2 Å². The summed E-state index contributed by atoms with van der Waals surface area (Å²) in [7, 11) is -3.10. The van der Waals surface area contributed by atoms with E-state index in [9.17, 15) is 18.3 Å². The molecule has 2 atom stereocenters. The Bertz CT molecular complexity index is 1320. The van der Waals surface area contributed by atoms with Gasteiger partial charge in [0.1, 0.15) is 9.84 Å². The Kier molecular flexibility index (Phi) is 11.0. The number of carbonyl (C=O) groups excluding carboxylic acids is 1. The molecule has 1 aromatic carbocycles. The van der Waals surface area contributed by atoms with Crippen LogP contribution in [0.1, 0.15) is 60.3 Å². The molecule has 0 radical (unpaired) electrons. The molecule has 0 spiro atoms. The van der Waals surface area contributed by atoms with Gasteiger partial charge in [-0.15, -0.1) is 0 Å². The van der Waals surface area contributed by atoms with Crippen molar-refractivity contribution in [3.63, 3.8) is 0 Å². The molecule has 11 nitrogen and oxygen atoms in total. The van der Waals surface area contributed by atoms with Crippen molar-refractivity contribution in [2.24, 2.45) is 0 Å². The normalized spacial score (nSPS) is 20.0. The highest BCUT2D eigenvalue weighted by molar-refractivity contribution is 7.90. The van der Waals surface area contributed by atoms with Gasteiger partial charge in [0, 0.05) is 57.6 Å². The molecule has 0 unspecified atom stereocenters. The largest absolute Gasteiger partial charge is 0.394 e. The number of halogens is 1. The monoisotopic (exact) mass is 621 g/mol. The average molecular weight is 622 g/mol. The summed E-state index contributed by atoms with van der Waals surface area (Å²) in [5.41, 5.74) is 8.45. The van der Waals surface area contributed by atoms with Gasteiger partial charge >= 0.3 is 0 Å². The minimum absolute atomic E-state index is 0.00937. The van der Waals surface area contributed by atoms with Gasteiger partial charge in [0.05, 0.1) is 18.4 Å². The van der Waals surface area contributed by atoms with E-state index in [-0.39, 0.29) is 41.6 Å². The maximum atomic E-state index is 12.6. The number of hydrogen-bond acceptors (Lipinski definition) is 10. The summed E-state index contributed by atoms with van der Waals surface area (Å²) in [6.07, 6.45) is 4.50. The van der Waals surface area contributed by atoms with Gasteiger partial charge in [0.25, 0.3) is 5.91 Å². The molecule has 2 aliphatic rings. The number of piperidine rings is 1. The Morgan fingerprint density at radius 1 is 1.17 bits per heavy atom. The van der Waals surface area contributed by atoms with E-state index in [1.807, 2.05) is 0 Å². The molecule has 232 valence electrons. The number of nitrogens with two attached hydrogens (primary N) is 1. The number of nitrogens with zero attached hydrogens (tertiary/aromatic N) is 5. The van der Waals surface area contributed by atoms with Gasteiger partial charge in [0.2, 0.25) is 0 Å². The Morgan fingerprint density at radius 3 is 2.48 bits per heavy atom. The molecule has 0 bridgehead atoms. The van der Waals surface area contributed by atoms with E-state index in [0.717, 1.165) is 57.3 Å². The van der Waals surface area contributed by atoms with Crippen LogP contribution in [0.2, 0.25) is 5.15 Å². The van der Waals surface area contributed by atoms with Crippen LogP contribution in [-0.2, 0) is 9.84 Å². The average Bonchev–Trinajstić information content (AvgIpc) is 2.97. The van der Waals surface area contributed by atoms with Crippen LogP contribution in [0, 0.1) is 6.92 Å². The van der Waals surface area contributed by atoms with E-state index in [0.29, 0.717) is 30.9 Å². The number of nitrogen functional groups attached to an aromatic ring is 1. The third kappa shape index (κ3) is 8.10. The number of aryl methyl sites for hydroxylation is 1. The number of sulfone groups is 1. The highest BCUT2D eigenvalue weighted by Gasteiger charge is 2.35. The van der Waals surface area contributed by atoms with Crippen molar-refractivity contribution in [2.45, 2.75) is 57.7 Å². The van der Waals surface area contributed by atoms with Crippen LogP contribution < -0.4 is 16.0 Å². The molecule has 2 aliphatic heterocycles. The number of carbonyl (C=O) groups is 1. The molecule has 3 heterocycles. The topological polar surface area (TPSA) is 145 Å². The number of aromatic nitrogens is 2. The fourth-order valence-electron chi connectivity index (χ4n) is 6.06. The quantitative estimate of drug-likeness (QED) is 0.320. The van der Waals surface area contributed by atoms with E-state index in [1.165, 1.54) is 5.56 Å². The first-order valence-electron chi connectivity index (χ1n) is 14.7. The molecule has 13 heteroatoms. The predicted molar refractivity (Wildman–Crippen MR) is 167 cm³/mol. The van der Waals surface area contributed by atoms with Crippen molar-refractivity contribution in [1.82, 2.24) is 25.1 Å². The van der Waals surface area contributed by atoms with Crippen LogP contribution >= 0.6 is 11.6 Å². The molecule has 1 aromatic heterocycles. The van der Waals surface area contributed by atoms with Gasteiger partial charge in [-0.25, -0.2) is 18.4 Å². The van der Waals surface area contributed by atoms with Gasteiger partial charge in [-0.2, -0.15) is 0 Å². The third-order valence-corrected chi connectivity index (χ3v) is 9.68. The van der Waals surface area contributed by atoms with Crippen LogP contribution in [0.25, 0.3) is 0 Å². The van der Waals surface area contributed by atoms with Crippen LogP contribution in [-0.4, -0.2) is 109 Å². The number of aliphatic hydroxyl groups is 1. The molecule has 1 amide bonds. The third-order valence-electron chi connectivity index (χ3n) is 8.40. The van der Waals surface area contributed by atoms with Gasteiger partial charge in [-0.1, -0.05) is 48.4 Å². The second kappa shape index (κ2) is 14.3.